The number of likely N-dealkylation sites (tertiary alicyclic amines) is 1. The maximum Gasteiger partial charge on any atom is 0.256 e. The molecule has 1 aliphatic heterocycles. The van der Waals surface area contributed by atoms with E-state index >= 15 is 0 Å². The first-order valence-electron chi connectivity index (χ1n) is 11.5. The summed E-state index contributed by atoms with van der Waals surface area (Å²) in [4.78, 5) is 30.2. The number of hydrogen-bond donors (Lipinski definition) is 1. The van der Waals surface area contributed by atoms with Crippen LogP contribution in [0.1, 0.15) is 38.5 Å². The van der Waals surface area contributed by atoms with Crippen LogP contribution in [0.5, 0.6) is 11.6 Å². The van der Waals surface area contributed by atoms with Crippen LogP contribution in [0.4, 0.5) is 5.82 Å². The summed E-state index contributed by atoms with van der Waals surface area (Å²) in [5.41, 5.74) is 0.937. The van der Waals surface area contributed by atoms with Gasteiger partial charge < -0.3 is 19.7 Å². The molecule has 0 spiro atoms. The number of fused-ring (bicyclic) bond motifs is 1. The minimum absolute atomic E-state index is 0.196. The predicted molar refractivity (Wildman–Crippen MR) is 129 cm³/mol. The number of anilines is 1. The van der Waals surface area contributed by atoms with E-state index in [4.69, 9.17) is 9.47 Å². The van der Waals surface area contributed by atoms with Gasteiger partial charge in [-0.15, -0.1) is 11.3 Å². The number of thiophene rings is 1. The average Bonchev–Trinajstić information content (AvgIpc) is 3.51. The van der Waals surface area contributed by atoms with Crippen LogP contribution in [-0.2, 0) is 4.79 Å². The molecule has 0 radical (unpaired) electrons. The van der Waals surface area contributed by atoms with Crippen molar-refractivity contribution in [2.24, 2.45) is 5.92 Å². The number of hydrogen-bond acceptors (Lipinski definition) is 8. The SMILES string of the molecule is COc1cc(-c2cc3c(N[C@H]4CCN(C(=O)C5CCCCC5)C4)ncnc3s2)cnc1OC. The maximum atomic E-state index is 12.9. The smallest absolute Gasteiger partial charge is 0.256 e. The molecule has 1 aliphatic carbocycles. The van der Waals surface area contributed by atoms with Gasteiger partial charge in [0.15, 0.2) is 5.75 Å². The Morgan fingerprint density at radius 2 is 1.94 bits per heavy atom. The van der Waals surface area contributed by atoms with E-state index in [-0.39, 0.29) is 12.0 Å². The lowest BCUT2D eigenvalue weighted by Crippen LogP contribution is -2.36. The van der Waals surface area contributed by atoms with Crippen molar-refractivity contribution in [2.45, 2.75) is 44.6 Å². The van der Waals surface area contributed by atoms with Crippen molar-refractivity contribution >= 4 is 33.3 Å². The topological polar surface area (TPSA) is 89.5 Å². The van der Waals surface area contributed by atoms with Gasteiger partial charge >= 0.3 is 0 Å². The van der Waals surface area contributed by atoms with Crippen molar-refractivity contribution in [3.63, 3.8) is 0 Å². The van der Waals surface area contributed by atoms with Crippen molar-refractivity contribution in [1.29, 1.82) is 0 Å². The zero-order valence-electron chi connectivity index (χ0n) is 19.0. The van der Waals surface area contributed by atoms with E-state index < -0.39 is 0 Å². The highest BCUT2D eigenvalue weighted by Gasteiger charge is 2.31. The van der Waals surface area contributed by atoms with Crippen LogP contribution < -0.4 is 14.8 Å². The summed E-state index contributed by atoms with van der Waals surface area (Å²) in [6.07, 6.45) is 10.0. The molecule has 1 atom stereocenters. The van der Waals surface area contributed by atoms with Gasteiger partial charge in [-0.2, -0.15) is 0 Å². The number of methoxy groups -OCH3 is 2. The molecule has 0 aromatic carbocycles. The Morgan fingerprint density at radius 1 is 1.09 bits per heavy atom. The van der Waals surface area contributed by atoms with E-state index in [1.54, 1.807) is 38.1 Å². The van der Waals surface area contributed by atoms with Crippen LogP contribution in [0.25, 0.3) is 20.7 Å². The van der Waals surface area contributed by atoms with Crippen molar-refractivity contribution in [1.82, 2.24) is 19.9 Å². The summed E-state index contributed by atoms with van der Waals surface area (Å²) in [7, 11) is 3.18. The predicted octanol–water partition coefficient (Wildman–Crippen LogP) is 4.36. The fourth-order valence-electron chi connectivity index (χ4n) is 4.86. The highest BCUT2D eigenvalue weighted by atomic mass is 32.1. The van der Waals surface area contributed by atoms with Gasteiger partial charge in [0.2, 0.25) is 5.91 Å². The number of nitrogens with one attached hydrogen (secondary N) is 1. The number of nitrogens with zero attached hydrogens (tertiary/aromatic N) is 4. The summed E-state index contributed by atoms with van der Waals surface area (Å²) < 4.78 is 10.7. The summed E-state index contributed by atoms with van der Waals surface area (Å²) >= 11 is 1.59. The summed E-state index contributed by atoms with van der Waals surface area (Å²) in [6, 6.07) is 4.20. The first kappa shape index (κ1) is 21.9. The van der Waals surface area contributed by atoms with E-state index in [1.165, 1.54) is 19.3 Å². The van der Waals surface area contributed by atoms with Crippen molar-refractivity contribution < 1.29 is 14.3 Å². The second kappa shape index (κ2) is 9.51. The largest absolute Gasteiger partial charge is 0.491 e. The van der Waals surface area contributed by atoms with E-state index in [0.29, 0.717) is 17.5 Å². The summed E-state index contributed by atoms with van der Waals surface area (Å²) in [5.74, 6) is 2.42. The Labute approximate surface area is 197 Å². The van der Waals surface area contributed by atoms with Crippen molar-refractivity contribution in [2.75, 3.05) is 32.6 Å². The third-order valence-electron chi connectivity index (χ3n) is 6.64. The molecule has 0 unspecified atom stereocenters. The molecule has 33 heavy (non-hydrogen) atoms. The highest BCUT2D eigenvalue weighted by molar-refractivity contribution is 7.21. The third kappa shape index (κ3) is 4.46. The number of rotatable bonds is 6. The molecule has 5 rings (SSSR count). The Bertz CT molecular complexity index is 1140. The molecule has 2 aliphatic rings. The number of pyridine rings is 1. The van der Waals surface area contributed by atoms with Crippen molar-refractivity contribution in [3.05, 3.63) is 24.7 Å². The zero-order chi connectivity index (χ0) is 22.8. The van der Waals surface area contributed by atoms with Gasteiger partial charge in [-0.05, 0) is 31.4 Å². The summed E-state index contributed by atoms with van der Waals surface area (Å²) in [5, 5.41) is 4.55. The molecule has 1 saturated heterocycles. The Balaban J connectivity index is 1.33. The van der Waals surface area contributed by atoms with E-state index in [9.17, 15) is 4.79 Å². The van der Waals surface area contributed by atoms with E-state index in [0.717, 1.165) is 58.8 Å². The number of carbonyl (C=O) groups excluding carboxylic acids is 1. The van der Waals surface area contributed by atoms with Gasteiger partial charge in [-0.3, -0.25) is 4.79 Å². The van der Waals surface area contributed by atoms with Gasteiger partial charge in [0.05, 0.1) is 19.6 Å². The van der Waals surface area contributed by atoms with Crippen LogP contribution in [0.2, 0.25) is 0 Å². The summed E-state index contributed by atoms with van der Waals surface area (Å²) in [6.45, 7) is 1.55. The maximum absolute atomic E-state index is 12.9. The molecule has 2 fully saturated rings. The minimum Gasteiger partial charge on any atom is -0.491 e. The molecule has 8 nitrogen and oxygen atoms in total. The Kier molecular flexibility index (Phi) is 6.30. The van der Waals surface area contributed by atoms with Gasteiger partial charge in [-0.25, -0.2) is 15.0 Å². The van der Waals surface area contributed by atoms with Crippen LogP contribution in [0.3, 0.4) is 0 Å². The second-order valence-corrected chi connectivity index (χ2v) is 9.77. The molecule has 1 saturated carbocycles. The van der Waals surface area contributed by atoms with Gasteiger partial charge in [-0.1, -0.05) is 19.3 Å². The number of aromatic nitrogens is 3. The molecule has 3 aromatic heterocycles. The lowest BCUT2D eigenvalue weighted by molar-refractivity contribution is -0.135. The zero-order valence-corrected chi connectivity index (χ0v) is 19.9. The third-order valence-corrected chi connectivity index (χ3v) is 7.73. The normalized spacial score (nSPS) is 19.1. The minimum atomic E-state index is 0.196. The van der Waals surface area contributed by atoms with Gasteiger partial charge in [0, 0.05) is 41.7 Å². The van der Waals surface area contributed by atoms with E-state index in [1.807, 2.05) is 11.0 Å². The Hall–Kier alpha value is -2.94. The average molecular weight is 468 g/mol. The lowest BCUT2D eigenvalue weighted by atomic mass is 9.88. The molecule has 9 heteroatoms. The number of amides is 1. The Morgan fingerprint density at radius 3 is 2.73 bits per heavy atom. The molecular formula is C24H29N5O3S. The fraction of sp³-hybridized carbons (Fsp3) is 0.500. The molecule has 3 aromatic rings. The molecule has 1 N–H and O–H groups in total. The first-order chi connectivity index (χ1) is 16.2. The van der Waals surface area contributed by atoms with Crippen LogP contribution in [0.15, 0.2) is 24.7 Å². The van der Waals surface area contributed by atoms with E-state index in [2.05, 4.69) is 26.3 Å². The monoisotopic (exact) mass is 467 g/mol. The van der Waals surface area contributed by atoms with Gasteiger partial charge in [0.25, 0.3) is 5.88 Å². The quantitative estimate of drug-likeness (QED) is 0.576. The highest BCUT2D eigenvalue weighted by Crippen LogP contribution is 2.38. The van der Waals surface area contributed by atoms with Crippen LogP contribution in [0, 0.1) is 5.92 Å². The molecular weight excluding hydrogens is 438 g/mol. The van der Waals surface area contributed by atoms with Crippen LogP contribution >= 0.6 is 11.3 Å². The standard InChI is InChI=1S/C24H29N5O3S/c1-31-19-10-16(12-25-22(19)32-2)20-11-18-21(26-14-27-23(18)33-20)28-17-8-9-29(13-17)24(30)15-6-4-3-5-7-15/h10-12,14-15,17H,3-9,13H2,1-2H3,(H,26,27,28)/t17-/m0/s1. The number of ether oxygens (including phenoxy) is 2. The number of carbonyl (C=O) groups is 1. The second-order valence-electron chi connectivity index (χ2n) is 8.74. The van der Waals surface area contributed by atoms with Crippen LogP contribution in [-0.4, -0.2) is 59.1 Å². The molecule has 0 bridgehead atoms. The van der Waals surface area contributed by atoms with Gasteiger partial charge in [0.1, 0.15) is 17.0 Å². The fourth-order valence-corrected chi connectivity index (χ4v) is 5.84. The molecule has 4 heterocycles. The molecule has 1 amide bonds. The van der Waals surface area contributed by atoms with Crippen molar-refractivity contribution in [3.8, 4) is 22.1 Å². The molecule has 174 valence electrons. The first-order valence-corrected chi connectivity index (χ1v) is 12.4. The lowest BCUT2D eigenvalue weighted by Gasteiger charge is -2.26.